The average Bonchev–Trinajstić information content (AvgIpc) is 3.26. The summed E-state index contributed by atoms with van der Waals surface area (Å²) in [5.74, 6) is 0.108. The van der Waals surface area contributed by atoms with Crippen LogP contribution in [-0.4, -0.2) is 60.0 Å². The van der Waals surface area contributed by atoms with Crippen molar-refractivity contribution in [2.75, 3.05) is 26.9 Å². The van der Waals surface area contributed by atoms with E-state index in [0.29, 0.717) is 26.2 Å². The van der Waals surface area contributed by atoms with Gasteiger partial charge in [-0.25, -0.2) is 0 Å². The van der Waals surface area contributed by atoms with Crippen molar-refractivity contribution < 1.29 is 18.8 Å². The minimum Gasteiger partial charge on any atom is -0.382 e. The zero-order valence-corrected chi connectivity index (χ0v) is 13.6. The van der Waals surface area contributed by atoms with Crippen LogP contribution in [0.1, 0.15) is 22.5 Å². The summed E-state index contributed by atoms with van der Waals surface area (Å²) in [4.78, 5) is 18.5. The van der Waals surface area contributed by atoms with Crippen molar-refractivity contribution in [1.82, 2.24) is 15.0 Å². The molecule has 1 saturated heterocycles. The van der Waals surface area contributed by atoms with E-state index in [9.17, 15) is 4.79 Å². The molecule has 0 unspecified atom stereocenters. The Kier molecular flexibility index (Phi) is 5.55. The van der Waals surface area contributed by atoms with Gasteiger partial charge in [-0.1, -0.05) is 5.16 Å². The Morgan fingerprint density at radius 2 is 2.12 bits per heavy atom. The summed E-state index contributed by atoms with van der Waals surface area (Å²) in [6.07, 6.45) is 6.47. The molecule has 0 spiro atoms. The van der Waals surface area contributed by atoms with Crippen LogP contribution < -0.4 is 0 Å². The first-order chi connectivity index (χ1) is 11.8. The fraction of sp³-hybridized carbons (Fsp3) is 0.471. The fourth-order valence-electron chi connectivity index (χ4n) is 3.02. The second-order valence-corrected chi connectivity index (χ2v) is 5.69. The maximum absolute atomic E-state index is 12.7. The molecule has 0 radical (unpaired) electrons. The van der Waals surface area contributed by atoms with E-state index in [0.717, 1.165) is 12.0 Å². The fourth-order valence-corrected chi connectivity index (χ4v) is 3.02. The van der Waals surface area contributed by atoms with Crippen molar-refractivity contribution in [3.63, 3.8) is 0 Å². The molecule has 1 fully saturated rings. The molecule has 7 heteroatoms. The summed E-state index contributed by atoms with van der Waals surface area (Å²) in [5, 5.41) is 3.62. The topological polar surface area (TPSA) is 77.7 Å². The summed E-state index contributed by atoms with van der Waals surface area (Å²) in [7, 11) is 1.65. The number of carbonyl (C=O) groups excluding carboxylic acids is 1. The predicted octanol–water partition coefficient (Wildman–Crippen LogP) is 1.56. The minimum atomic E-state index is -0.149. The van der Waals surface area contributed by atoms with Gasteiger partial charge in [0.25, 0.3) is 5.91 Å². The van der Waals surface area contributed by atoms with Crippen molar-refractivity contribution in [2.45, 2.75) is 25.0 Å². The molecule has 2 atom stereocenters. The second kappa shape index (κ2) is 8.03. The Balaban J connectivity index is 1.75. The number of aromatic nitrogens is 2. The summed E-state index contributed by atoms with van der Waals surface area (Å²) in [6, 6.07) is 5.45. The van der Waals surface area contributed by atoms with E-state index in [-0.39, 0.29) is 23.8 Å². The van der Waals surface area contributed by atoms with Crippen LogP contribution in [0, 0.1) is 0 Å². The molecule has 2 aromatic heterocycles. The maximum atomic E-state index is 12.7. The number of hydrogen-bond acceptors (Lipinski definition) is 6. The molecule has 0 aromatic carbocycles. The summed E-state index contributed by atoms with van der Waals surface area (Å²) in [5.41, 5.74) is 1.12. The van der Waals surface area contributed by atoms with Gasteiger partial charge in [-0.2, -0.15) is 0 Å². The van der Waals surface area contributed by atoms with Crippen LogP contribution >= 0.6 is 0 Å². The highest BCUT2D eigenvalue weighted by Crippen LogP contribution is 2.26. The van der Waals surface area contributed by atoms with Gasteiger partial charge in [-0.15, -0.1) is 0 Å². The number of likely N-dealkylation sites (tertiary alicyclic amines) is 1. The summed E-state index contributed by atoms with van der Waals surface area (Å²) >= 11 is 0. The third-order valence-corrected chi connectivity index (χ3v) is 4.21. The number of nitrogens with zero attached hydrogens (tertiary/aromatic N) is 3. The van der Waals surface area contributed by atoms with Gasteiger partial charge in [-0.05, 0) is 30.5 Å². The molecule has 128 valence electrons. The quantitative estimate of drug-likeness (QED) is 0.717. The highest BCUT2D eigenvalue weighted by Gasteiger charge is 2.39. The third-order valence-electron chi connectivity index (χ3n) is 4.21. The van der Waals surface area contributed by atoms with Crippen LogP contribution in [0.4, 0.5) is 0 Å². The Morgan fingerprint density at radius 3 is 2.83 bits per heavy atom. The minimum absolute atomic E-state index is 0.0276. The molecular formula is C17H21N3O4. The zero-order valence-electron chi connectivity index (χ0n) is 13.6. The largest absolute Gasteiger partial charge is 0.382 e. The lowest BCUT2D eigenvalue weighted by molar-refractivity contribution is -0.00000296. The molecule has 24 heavy (non-hydrogen) atoms. The van der Waals surface area contributed by atoms with Crippen molar-refractivity contribution in [3.8, 4) is 0 Å². The SMILES string of the molecule is COCCO[C@@H]1CCN(C(=O)c2ccno2)[C@@H]1Cc1ccncc1. The molecule has 3 heterocycles. The number of ether oxygens (including phenoxy) is 2. The standard InChI is InChI=1S/C17H21N3O4/c1-22-10-11-23-15-5-9-20(17(21)16-4-8-19-24-16)14(15)12-13-2-6-18-7-3-13/h2-4,6-8,14-15H,5,9-12H2,1H3/t14-,15-/m1/s1. The van der Waals surface area contributed by atoms with Gasteiger partial charge in [0, 0.05) is 32.1 Å². The van der Waals surface area contributed by atoms with Crippen molar-refractivity contribution in [3.05, 3.63) is 48.1 Å². The van der Waals surface area contributed by atoms with E-state index >= 15 is 0 Å². The molecule has 0 N–H and O–H groups in total. The van der Waals surface area contributed by atoms with Gasteiger partial charge in [0.1, 0.15) is 0 Å². The van der Waals surface area contributed by atoms with Gasteiger partial charge in [0.2, 0.25) is 5.76 Å². The number of pyridine rings is 1. The molecule has 2 aromatic rings. The smallest absolute Gasteiger partial charge is 0.292 e. The lowest BCUT2D eigenvalue weighted by Crippen LogP contribution is -2.42. The lowest BCUT2D eigenvalue weighted by atomic mass is 10.0. The second-order valence-electron chi connectivity index (χ2n) is 5.69. The Bertz CT molecular complexity index is 633. The van der Waals surface area contributed by atoms with Gasteiger partial charge in [-0.3, -0.25) is 9.78 Å². The predicted molar refractivity (Wildman–Crippen MR) is 85.5 cm³/mol. The van der Waals surface area contributed by atoms with Crippen LogP contribution in [0.5, 0.6) is 0 Å². The average molecular weight is 331 g/mol. The number of rotatable bonds is 7. The number of hydrogen-bond donors (Lipinski definition) is 0. The first-order valence-electron chi connectivity index (χ1n) is 8.00. The normalized spacial score (nSPS) is 20.5. The number of methoxy groups -OCH3 is 1. The van der Waals surface area contributed by atoms with Gasteiger partial charge >= 0.3 is 0 Å². The van der Waals surface area contributed by atoms with Gasteiger partial charge in [0.05, 0.1) is 31.6 Å². The number of amides is 1. The monoisotopic (exact) mass is 331 g/mol. The van der Waals surface area contributed by atoms with Crippen molar-refractivity contribution in [1.29, 1.82) is 0 Å². The van der Waals surface area contributed by atoms with Gasteiger partial charge in [0.15, 0.2) is 0 Å². The third kappa shape index (κ3) is 3.80. The molecule has 3 rings (SSSR count). The molecular weight excluding hydrogens is 310 g/mol. The van der Waals surface area contributed by atoms with Crippen LogP contribution in [0.25, 0.3) is 0 Å². The van der Waals surface area contributed by atoms with Crippen LogP contribution in [-0.2, 0) is 15.9 Å². The van der Waals surface area contributed by atoms with Crippen LogP contribution in [0.3, 0.4) is 0 Å². The van der Waals surface area contributed by atoms with Crippen LogP contribution in [0.2, 0.25) is 0 Å². The van der Waals surface area contributed by atoms with E-state index < -0.39 is 0 Å². The zero-order chi connectivity index (χ0) is 16.8. The molecule has 0 bridgehead atoms. The number of carbonyl (C=O) groups is 1. The molecule has 1 aliphatic heterocycles. The Hall–Kier alpha value is -2.25. The van der Waals surface area contributed by atoms with Crippen molar-refractivity contribution >= 4 is 5.91 Å². The van der Waals surface area contributed by atoms with Crippen LogP contribution in [0.15, 0.2) is 41.3 Å². The highest BCUT2D eigenvalue weighted by molar-refractivity contribution is 5.91. The van der Waals surface area contributed by atoms with E-state index in [1.165, 1.54) is 6.20 Å². The van der Waals surface area contributed by atoms with E-state index in [1.807, 2.05) is 17.0 Å². The molecule has 0 saturated carbocycles. The summed E-state index contributed by atoms with van der Waals surface area (Å²) < 4.78 is 16.0. The van der Waals surface area contributed by atoms with E-state index in [1.54, 1.807) is 25.6 Å². The highest BCUT2D eigenvalue weighted by atomic mass is 16.5. The summed E-state index contributed by atoms with van der Waals surface area (Å²) in [6.45, 7) is 1.68. The maximum Gasteiger partial charge on any atom is 0.292 e. The molecule has 1 amide bonds. The van der Waals surface area contributed by atoms with Gasteiger partial charge < -0.3 is 18.9 Å². The Morgan fingerprint density at radius 1 is 1.29 bits per heavy atom. The molecule has 1 aliphatic rings. The Labute approximate surface area is 140 Å². The van der Waals surface area contributed by atoms with Crippen molar-refractivity contribution in [2.24, 2.45) is 0 Å². The molecule has 0 aliphatic carbocycles. The molecule has 7 nitrogen and oxygen atoms in total. The first-order valence-corrected chi connectivity index (χ1v) is 8.00. The first kappa shape index (κ1) is 16.6. The van der Waals surface area contributed by atoms with E-state index in [2.05, 4.69) is 10.1 Å². The van der Waals surface area contributed by atoms with E-state index in [4.69, 9.17) is 14.0 Å². The lowest BCUT2D eigenvalue weighted by Gasteiger charge is -2.27.